The highest BCUT2D eigenvalue weighted by Crippen LogP contribution is 2.35. The fourth-order valence-corrected chi connectivity index (χ4v) is 6.75. The molecule has 14 nitrogen and oxygen atoms in total. The minimum Gasteiger partial charge on any atom is -0.487 e. The second-order valence-electron chi connectivity index (χ2n) is 11.7. The van der Waals surface area contributed by atoms with E-state index in [0.29, 0.717) is 53.5 Å². The summed E-state index contributed by atoms with van der Waals surface area (Å²) >= 11 is 8.01. The molecule has 246 valence electrons. The third-order valence-electron chi connectivity index (χ3n) is 8.44. The van der Waals surface area contributed by atoms with E-state index in [9.17, 15) is 0 Å². The van der Waals surface area contributed by atoms with Gasteiger partial charge in [0, 0.05) is 48.7 Å². The van der Waals surface area contributed by atoms with Crippen LogP contribution in [-0.4, -0.2) is 88.3 Å². The molecule has 1 aliphatic carbocycles. The fraction of sp³-hybridized carbons (Fsp3) is 0.452. The maximum absolute atomic E-state index is 6.46. The van der Waals surface area contributed by atoms with Gasteiger partial charge in [0.2, 0.25) is 5.95 Å². The molecule has 0 spiro atoms. The van der Waals surface area contributed by atoms with Gasteiger partial charge in [-0.1, -0.05) is 17.7 Å². The van der Waals surface area contributed by atoms with Gasteiger partial charge in [0.05, 0.1) is 37.0 Å². The van der Waals surface area contributed by atoms with Crippen molar-refractivity contribution in [3.8, 4) is 22.8 Å². The number of nitrogens with one attached hydrogen (secondary N) is 1. The van der Waals surface area contributed by atoms with Crippen molar-refractivity contribution in [1.29, 1.82) is 0 Å². The van der Waals surface area contributed by atoms with E-state index in [4.69, 9.17) is 30.9 Å². The predicted molar refractivity (Wildman–Crippen MR) is 176 cm³/mol. The molecule has 0 unspecified atom stereocenters. The van der Waals surface area contributed by atoms with Crippen molar-refractivity contribution in [2.24, 2.45) is 0 Å². The molecule has 0 amide bonds. The van der Waals surface area contributed by atoms with Gasteiger partial charge < -0.3 is 19.5 Å². The van der Waals surface area contributed by atoms with Crippen molar-refractivity contribution in [3.63, 3.8) is 0 Å². The first kappa shape index (κ1) is 31.4. The SMILES string of the molecule is C[C@@H](Cn1cnnn1)Oc1cc(-c2cnc(Nc3cn([C@H]4CC[C@H](N5CCOCC5)CC4)nc3OCc3nccs3)nc2)ccc1Cl. The zero-order chi connectivity index (χ0) is 32.0. The number of nitrogens with zero attached hydrogens (tertiary/aromatic N) is 10. The minimum atomic E-state index is -0.207. The number of aromatic nitrogens is 9. The molecule has 1 saturated carbocycles. The molecular weight excluding hydrogens is 642 g/mol. The first-order valence-electron chi connectivity index (χ1n) is 15.8. The Morgan fingerprint density at radius 2 is 1.87 bits per heavy atom. The van der Waals surface area contributed by atoms with Crippen LogP contribution in [0.4, 0.5) is 11.6 Å². The van der Waals surface area contributed by atoms with E-state index in [1.165, 1.54) is 0 Å². The van der Waals surface area contributed by atoms with Crippen LogP contribution in [0.2, 0.25) is 5.02 Å². The number of hydrogen-bond donors (Lipinski definition) is 1. The molecule has 2 aliphatic rings. The molecular formula is C31H36ClN11O3S. The van der Waals surface area contributed by atoms with Gasteiger partial charge in [-0.3, -0.25) is 9.58 Å². The van der Waals surface area contributed by atoms with Gasteiger partial charge in [0.15, 0.2) is 0 Å². The number of halogens is 1. The molecule has 47 heavy (non-hydrogen) atoms. The summed E-state index contributed by atoms with van der Waals surface area (Å²) in [6, 6.07) is 6.50. The Morgan fingerprint density at radius 3 is 2.62 bits per heavy atom. The molecule has 1 saturated heterocycles. The Morgan fingerprint density at radius 1 is 1.06 bits per heavy atom. The normalized spacial score (nSPS) is 19.4. The van der Waals surface area contributed by atoms with Gasteiger partial charge in [-0.15, -0.1) is 21.5 Å². The average Bonchev–Trinajstić information content (AvgIpc) is 3.89. The van der Waals surface area contributed by atoms with Crippen molar-refractivity contribution in [3.05, 3.63) is 64.7 Å². The Labute approximate surface area is 281 Å². The summed E-state index contributed by atoms with van der Waals surface area (Å²) < 4.78 is 21.5. The van der Waals surface area contributed by atoms with Crippen molar-refractivity contribution < 1.29 is 14.2 Å². The Balaban J connectivity index is 1.03. The van der Waals surface area contributed by atoms with Crippen molar-refractivity contribution >= 4 is 34.6 Å². The number of ether oxygens (including phenoxy) is 3. The van der Waals surface area contributed by atoms with Crippen molar-refractivity contribution in [2.75, 3.05) is 31.6 Å². The van der Waals surface area contributed by atoms with E-state index in [0.717, 1.165) is 68.1 Å². The van der Waals surface area contributed by atoms with Crippen LogP contribution in [0.25, 0.3) is 11.1 Å². The Bertz CT molecular complexity index is 1710. The van der Waals surface area contributed by atoms with Crippen LogP contribution >= 0.6 is 22.9 Å². The second kappa shape index (κ2) is 14.7. The molecule has 2 fully saturated rings. The van der Waals surface area contributed by atoms with Gasteiger partial charge in [0.1, 0.15) is 35.5 Å². The third-order valence-corrected chi connectivity index (χ3v) is 9.51. The summed E-state index contributed by atoms with van der Waals surface area (Å²) in [5.74, 6) is 1.49. The first-order valence-corrected chi connectivity index (χ1v) is 17.0. The molecule has 5 heterocycles. The van der Waals surface area contributed by atoms with Crippen LogP contribution < -0.4 is 14.8 Å². The third kappa shape index (κ3) is 7.87. The number of morpholine rings is 1. The minimum absolute atomic E-state index is 0.207. The van der Waals surface area contributed by atoms with E-state index in [1.54, 1.807) is 47.0 Å². The van der Waals surface area contributed by atoms with Gasteiger partial charge in [-0.25, -0.2) is 19.6 Å². The van der Waals surface area contributed by atoms with E-state index in [2.05, 4.69) is 40.7 Å². The second-order valence-corrected chi connectivity index (χ2v) is 13.1. The number of rotatable bonds is 12. The largest absolute Gasteiger partial charge is 0.487 e. The van der Waals surface area contributed by atoms with Crippen LogP contribution in [0.5, 0.6) is 11.6 Å². The van der Waals surface area contributed by atoms with E-state index >= 15 is 0 Å². The zero-order valence-corrected chi connectivity index (χ0v) is 27.6. The highest BCUT2D eigenvalue weighted by atomic mass is 35.5. The number of benzene rings is 1. The van der Waals surface area contributed by atoms with Crippen LogP contribution in [0.1, 0.15) is 43.7 Å². The molecule has 1 N–H and O–H groups in total. The quantitative estimate of drug-likeness (QED) is 0.189. The number of thiazole rings is 1. The van der Waals surface area contributed by atoms with E-state index in [-0.39, 0.29) is 6.10 Å². The number of hydrogen-bond acceptors (Lipinski definition) is 13. The molecule has 7 rings (SSSR count). The van der Waals surface area contributed by atoms with Gasteiger partial charge >= 0.3 is 0 Å². The highest BCUT2D eigenvalue weighted by molar-refractivity contribution is 7.09. The highest BCUT2D eigenvalue weighted by Gasteiger charge is 2.29. The maximum atomic E-state index is 6.46. The Kier molecular flexibility index (Phi) is 9.84. The molecule has 4 aromatic heterocycles. The summed E-state index contributed by atoms with van der Waals surface area (Å²) in [4.78, 5) is 16.1. The van der Waals surface area contributed by atoms with Crippen LogP contribution in [0, 0.1) is 0 Å². The molecule has 0 radical (unpaired) electrons. The maximum Gasteiger partial charge on any atom is 0.257 e. The fourth-order valence-electron chi connectivity index (χ4n) is 6.06. The van der Waals surface area contributed by atoms with Crippen LogP contribution in [0.3, 0.4) is 0 Å². The summed E-state index contributed by atoms with van der Waals surface area (Å²) in [6.07, 6.45) is 13.1. The van der Waals surface area contributed by atoms with Crippen LogP contribution in [0.15, 0.2) is 54.7 Å². The first-order chi connectivity index (χ1) is 23.1. The van der Waals surface area contributed by atoms with Crippen molar-refractivity contribution in [2.45, 2.75) is 63.9 Å². The molecule has 1 atom stereocenters. The lowest BCUT2D eigenvalue weighted by Crippen LogP contribution is -2.45. The summed E-state index contributed by atoms with van der Waals surface area (Å²) in [5, 5.41) is 22.8. The van der Waals surface area contributed by atoms with Gasteiger partial charge in [0.25, 0.3) is 5.88 Å². The van der Waals surface area contributed by atoms with Crippen molar-refractivity contribution in [1.82, 2.24) is 49.8 Å². The Hall–Kier alpha value is -4.18. The van der Waals surface area contributed by atoms with E-state index < -0.39 is 0 Å². The molecule has 1 aromatic carbocycles. The van der Waals surface area contributed by atoms with Gasteiger partial charge in [-0.2, -0.15) is 0 Å². The monoisotopic (exact) mass is 677 g/mol. The van der Waals surface area contributed by atoms with E-state index in [1.807, 2.05) is 35.3 Å². The molecule has 1 aliphatic heterocycles. The zero-order valence-electron chi connectivity index (χ0n) is 26.0. The summed E-state index contributed by atoms with van der Waals surface area (Å²) in [6.45, 7) is 6.45. The average molecular weight is 678 g/mol. The van der Waals surface area contributed by atoms with Crippen LogP contribution in [-0.2, 0) is 17.9 Å². The smallest absolute Gasteiger partial charge is 0.257 e. The lowest BCUT2D eigenvalue weighted by atomic mass is 9.90. The lowest BCUT2D eigenvalue weighted by Gasteiger charge is -2.38. The number of tetrazole rings is 1. The predicted octanol–water partition coefficient (Wildman–Crippen LogP) is 5.04. The lowest BCUT2D eigenvalue weighted by molar-refractivity contribution is 0.00502. The standard InChI is InChI=1S/C31H36ClN11O3S/c1-21(17-42-20-36-39-40-42)46-28-14-22(2-7-26(28)32)23-15-34-31(35-16-23)37-27-18-43(38-30(27)45-19-29-33-8-13-47-29)25-5-3-24(4-6-25)41-9-11-44-12-10-41/h2,7-8,13-16,18,20-21,24-25H,3-6,9-12,17,19H2,1H3,(H,34,35,37)/t21-,24-,25-/m0/s1. The molecule has 0 bridgehead atoms. The van der Waals surface area contributed by atoms with Gasteiger partial charge in [-0.05, 0) is 60.7 Å². The molecule has 5 aromatic rings. The topological polar surface area (TPSA) is 143 Å². The number of anilines is 2. The summed E-state index contributed by atoms with van der Waals surface area (Å²) in [7, 11) is 0. The summed E-state index contributed by atoms with van der Waals surface area (Å²) in [5.41, 5.74) is 2.40. The molecule has 16 heteroatoms.